The van der Waals surface area contributed by atoms with Crippen molar-refractivity contribution < 1.29 is 4.79 Å². The average Bonchev–Trinajstić information content (AvgIpc) is 2.50. The van der Waals surface area contributed by atoms with Gasteiger partial charge in [0.2, 0.25) is 5.91 Å². The van der Waals surface area contributed by atoms with Gasteiger partial charge >= 0.3 is 0 Å². The van der Waals surface area contributed by atoms with Crippen LogP contribution in [0.4, 0.5) is 0 Å². The second-order valence-corrected chi connectivity index (χ2v) is 3.81. The van der Waals surface area contributed by atoms with Gasteiger partial charge in [0.25, 0.3) is 0 Å². The van der Waals surface area contributed by atoms with Crippen LogP contribution in [0, 0.1) is 0 Å². The van der Waals surface area contributed by atoms with Gasteiger partial charge in [-0.25, -0.2) is 0 Å². The Balaban J connectivity index is 2.26. The Hall–Kier alpha value is -1.58. The molecule has 1 aliphatic heterocycles. The molecule has 1 aliphatic rings. The van der Waals surface area contributed by atoms with E-state index in [-0.39, 0.29) is 5.91 Å². The van der Waals surface area contributed by atoms with E-state index < -0.39 is 0 Å². The van der Waals surface area contributed by atoms with E-state index in [1.165, 1.54) is 11.6 Å². The highest BCUT2D eigenvalue weighted by molar-refractivity contribution is 5.87. The van der Waals surface area contributed by atoms with Crippen molar-refractivity contribution in [3.63, 3.8) is 0 Å². The van der Waals surface area contributed by atoms with E-state index in [0.29, 0.717) is 6.54 Å². The van der Waals surface area contributed by atoms with Crippen LogP contribution in [0.15, 0.2) is 18.9 Å². The van der Waals surface area contributed by atoms with Crippen LogP contribution >= 0.6 is 0 Å². The third-order valence-corrected chi connectivity index (χ3v) is 2.85. The largest absolute Gasteiger partial charge is 0.333 e. The molecule has 4 nitrogen and oxygen atoms in total. The molecular formula is C11H15N3O. The molecule has 0 atom stereocenters. The SMILES string of the molecule is C=CC(=O)N1CCCc2cnn(C)c2C1. The molecule has 1 aromatic rings. The Kier molecular flexibility index (Phi) is 2.58. The number of amides is 1. The highest BCUT2D eigenvalue weighted by Gasteiger charge is 2.19. The molecule has 15 heavy (non-hydrogen) atoms. The molecular weight excluding hydrogens is 190 g/mol. The van der Waals surface area contributed by atoms with Gasteiger partial charge in [0, 0.05) is 13.6 Å². The lowest BCUT2D eigenvalue weighted by molar-refractivity contribution is -0.126. The third-order valence-electron chi connectivity index (χ3n) is 2.85. The molecule has 0 radical (unpaired) electrons. The molecule has 0 spiro atoms. The number of hydrogen-bond acceptors (Lipinski definition) is 2. The quantitative estimate of drug-likeness (QED) is 0.638. The van der Waals surface area contributed by atoms with Crippen LogP contribution in [0.25, 0.3) is 0 Å². The minimum Gasteiger partial charge on any atom is -0.333 e. The van der Waals surface area contributed by atoms with Crippen LogP contribution in [-0.2, 0) is 24.8 Å². The molecule has 1 aromatic heterocycles. The molecule has 0 saturated carbocycles. The maximum atomic E-state index is 11.5. The molecule has 0 aromatic carbocycles. The van der Waals surface area contributed by atoms with Gasteiger partial charge < -0.3 is 4.90 Å². The predicted molar refractivity (Wildman–Crippen MR) is 57.1 cm³/mol. The molecule has 0 bridgehead atoms. The fourth-order valence-corrected chi connectivity index (χ4v) is 1.96. The van der Waals surface area contributed by atoms with Crippen molar-refractivity contribution in [3.8, 4) is 0 Å². The molecule has 0 fully saturated rings. The standard InChI is InChI=1S/C11H15N3O/c1-3-11(15)14-6-4-5-9-7-12-13(2)10(9)8-14/h3,7H,1,4-6,8H2,2H3. The van der Waals surface area contributed by atoms with Crippen LogP contribution in [0.2, 0.25) is 0 Å². The Morgan fingerprint density at radius 2 is 2.47 bits per heavy atom. The molecule has 0 saturated heterocycles. The van der Waals surface area contributed by atoms with E-state index in [0.717, 1.165) is 25.1 Å². The highest BCUT2D eigenvalue weighted by Crippen LogP contribution is 2.17. The maximum absolute atomic E-state index is 11.5. The first-order chi connectivity index (χ1) is 7.22. The summed E-state index contributed by atoms with van der Waals surface area (Å²) in [5.74, 6) is 0.00375. The van der Waals surface area contributed by atoms with Crippen LogP contribution < -0.4 is 0 Å². The van der Waals surface area contributed by atoms with Crippen molar-refractivity contribution in [3.05, 3.63) is 30.1 Å². The van der Waals surface area contributed by atoms with Crippen molar-refractivity contribution >= 4 is 5.91 Å². The Morgan fingerprint density at radius 3 is 3.20 bits per heavy atom. The van der Waals surface area contributed by atoms with Crippen LogP contribution in [0.1, 0.15) is 17.7 Å². The zero-order valence-corrected chi connectivity index (χ0v) is 8.94. The first kappa shape index (κ1) is 9.96. The van der Waals surface area contributed by atoms with Gasteiger partial charge in [-0.2, -0.15) is 5.10 Å². The molecule has 1 amide bonds. The van der Waals surface area contributed by atoms with Crippen molar-refractivity contribution in [2.24, 2.45) is 7.05 Å². The topological polar surface area (TPSA) is 38.1 Å². The van der Waals surface area contributed by atoms with Gasteiger partial charge in [-0.3, -0.25) is 9.48 Å². The van der Waals surface area contributed by atoms with Crippen molar-refractivity contribution in [1.29, 1.82) is 0 Å². The summed E-state index contributed by atoms with van der Waals surface area (Å²) in [4.78, 5) is 13.4. The second-order valence-electron chi connectivity index (χ2n) is 3.81. The summed E-state index contributed by atoms with van der Waals surface area (Å²) in [5.41, 5.74) is 2.40. The lowest BCUT2D eigenvalue weighted by Gasteiger charge is -2.18. The van der Waals surface area contributed by atoms with E-state index in [1.54, 1.807) is 0 Å². The normalized spacial score (nSPS) is 15.7. The predicted octanol–water partition coefficient (Wildman–Crippen LogP) is 0.881. The van der Waals surface area contributed by atoms with E-state index in [1.807, 2.05) is 22.8 Å². The van der Waals surface area contributed by atoms with Crippen LogP contribution in [0.3, 0.4) is 0 Å². The number of fused-ring (bicyclic) bond motifs is 1. The van der Waals surface area contributed by atoms with Gasteiger partial charge in [0.15, 0.2) is 0 Å². The van der Waals surface area contributed by atoms with E-state index in [9.17, 15) is 4.79 Å². The monoisotopic (exact) mass is 205 g/mol. The molecule has 2 rings (SSSR count). The van der Waals surface area contributed by atoms with E-state index >= 15 is 0 Å². The number of aromatic nitrogens is 2. The summed E-state index contributed by atoms with van der Waals surface area (Å²) in [5, 5.41) is 4.21. The molecule has 0 aliphatic carbocycles. The fourth-order valence-electron chi connectivity index (χ4n) is 1.96. The lowest BCUT2D eigenvalue weighted by Crippen LogP contribution is -2.29. The summed E-state index contributed by atoms with van der Waals surface area (Å²) in [7, 11) is 1.92. The minimum atomic E-state index is 0.00375. The smallest absolute Gasteiger partial charge is 0.246 e. The number of rotatable bonds is 1. The summed E-state index contributed by atoms with van der Waals surface area (Å²) in [6.07, 6.45) is 5.28. The summed E-state index contributed by atoms with van der Waals surface area (Å²) in [6, 6.07) is 0. The number of carbonyl (C=O) groups excluding carboxylic acids is 1. The van der Waals surface area contributed by atoms with Gasteiger partial charge in [0.05, 0.1) is 18.4 Å². The number of aryl methyl sites for hydroxylation is 2. The summed E-state index contributed by atoms with van der Waals surface area (Å²) in [6.45, 7) is 4.97. The van der Waals surface area contributed by atoms with E-state index in [2.05, 4.69) is 11.7 Å². The Morgan fingerprint density at radius 1 is 1.67 bits per heavy atom. The minimum absolute atomic E-state index is 0.00375. The molecule has 4 heteroatoms. The third kappa shape index (κ3) is 1.79. The average molecular weight is 205 g/mol. The zero-order chi connectivity index (χ0) is 10.8. The van der Waals surface area contributed by atoms with Crippen LogP contribution in [0.5, 0.6) is 0 Å². The van der Waals surface area contributed by atoms with Gasteiger partial charge in [-0.1, -0.05) is 6.58 Å². The molecule has 80 valence electrons. The second kappa shape index (κ2) is 3.88. The van der Waals surface area contributed by atoms with Gasteiger partial charge in [-0.15, -0.1) is 0 Å². The maximum Gasteiger partial charge on any atom is 0.246 e. The molecule has 0 unspecified atom stereocenters. The Bertz CT molecular complexity index is 395. The fraction of sp³-hybridized carbons (Fsp3) is 0.455. The molecule has 0 N–H and O–H groups in total. The number of hydrogen-bond donors (Lipinski definition) is 0. The molecule has 2 heterocycles. The summed E-state index contributed by atoms with van der Waals surface area (Å²) < 4.78 is 1.85. The van der Waals surface area contributed by atoms with Crippen molar-refractivity contribution in [2.45, 2.75) is 19.4 Å². The first-order valence-corrected chi connectivity index (χ1v) is 5.13. The van der Waals surface area contributed by atoms with Gasteiger partial charge in [-0.05, 0) is 24.5 Å². The zero-order valence-electron chi connectivity index (χ0n) is 8.94. The lowest BCUT2D eigenvalue weighted by atomic mass is 10.1. The Labute approximate surface area is 89.2 Å². The number of carbonyl (C=O) groups is 1. The van der Waals surface area contributed by atoms with Gasteiger partial charge in [0.1, 0.15) is 0 Å². The number of nitrogens with zero attached hydrogens (tertiary/aromatic N) is 3. The summed E-state index contributed by atoms with van der Waals surface area (Å²) >= 11 is 0. The van der Waals surface area contributed by atoms with Crippen molar-refractivity contribution in [2.75, 3.05) is 6.54 Å². The van der Waals surface area contributed by atoms with Crippen molar-refractivity contribution in [1.82, 2.24) is 14.7 Å². The van der Waals surface area contributed by atoms with E-state index in [4.69, 9.17) is 0 Å². The highest BCUT2D eigenvalue weighted by atomic mass is 16.2. The first-order valence-electron chi connectivity index (χ1n) is 5.13. The van der Waals surface area contributed by atoms with Crippen LogP contribution in [-0.4, -0.2) is 27.1 Å².